The molecule has 1 fully saturated rings. The Balaban J connectivity index is 1.43. The van der Waals surface area contributed by atoms with E-state index >= 15 is 0 Å². The van der Waals surface area contributed by atoms with E-state index in [1.807, 2.05) is 17.0 Å². The molecule has 0 radical (unpaired) electrons. The van der Waals surface area contributed by atoms with Crippen molar-refractivity contribution < 1.29 is 14.7 Å². The number of carboxylic acids is 1. The van der Waals surface area contributed by atoms with Crippen LogP contribution in [0.25, 0.3) is 5.65 Å². The first-order valence-corrected chi connectivity index (χ1v) is 8.51. The van der Waals surface area contributed by atoms with Gasteiger partial charge in [0, 0.05) is 25.5 Å². The van der Waals surface area contributed by atoms with E-state index in [4.69, 9.17) is 5.11 Å². The Morgan fingerprint density at radius 3 is 2.81 bits per heavy atom. The Hall–Kier alpha value is -3.22. The maximum Gasteiger partial charge on any atom is 0.335 e. The van der Waals surface area contributed by atoms with Crippen LogP contribution >= 0.6 is 0 Å². The van der Waals surface area contributed by atoms with Gasteiger partial charge in [-0.2, -0.15) is 5.10 Å². The number of aromatic carboxylic acids is 1. The summed E-state index contributed by atoms with van der Waals surface area (Å²) >= 11 is 0. The molecule has 1 amide bonds. The lowest BCUT2D eigenvalue weighted by atomic mass is 9.98. The third-order valence-corrected chi connectivity index (χ3v) is 4.81. The monoisotopic (exact) mass is 350 g/mol. The van der Waals surface area contributed by atoms with Crippen molar-refractivity contribution in [2.24, 2.45) is 5.92 Å². The number of carboxylic acid groups (broad SMARTS) is 1. The first kappa shape index (κ1) is 16.3. The maximum atomic E-state index is 12.8. The molecule has 0 saturated carbocycles. The lowest BCUT2D eigenvalue weighted by Crippen LogP contribution is -2.29. The van der Waals surface area contributed by atoms with Crippen LogP contribution in [-0.2, 0) is 6.42 Å². The van der Waals surface area contributed by atoms with E-state index in [-0.39, 0.29) is 11.5 Å². The fourth-order valence-electron chi connectivity index (χ4n) is 3.45. The highest BCUT2D eigenvalue weighted by Gasteiger charge is 2.29. The molecule has 0 bridgehead atoms. The minimum Gasteiger partial charge on any atom is -0.478 e. The Morgan fingerprint density at radius 2 is 2.04 bits per heavy atom. The number of rotatable bonds is 4. The fourth-order valence-corrected chi connectivity index (χ4v) is 3.45. The lowest BCUT2D eigenvalue weighted by Gasteiger charge is -2.16. The molecule has 4 rings (SSSR count). The van der Waals surface area contributed by atoms with E-state index in [1.54, 1.807) is 41.3 Å². The van der Waals surface area contributed by atoms with Crippen molar-refractivity contribution in [1.29, 1.82) is 0 Å². The molecule has 7 nitrogen and oxygen atoms in total. The van der Waals surface area contributed by atoms with Crippen molar-refractivity contribution in [3.63, 3.8) is 0 Å². The zero-order chi connectivity index (χ0) is 18.1. The largest absolute Gasteiger partial charge is 0.478 e. The van der Waals surface area contributed by atoms with Gasteiger partial charge in [-0.3, -0.25) is 4.79 Å². The summed E-state index contributed by atoms with van der Waals surface area (Å²) in [4.78, 5) is 29.8. The van der Waals surface area contributed by atoms with Crippen LogP contribution in [-0.4, -0.2) is 49.6 Å². The summed E-state index contributed by atoms with van der Waals surface area (Å²) in [7, 11) is 0. The minimum atomic E-state index is -0.920. The van der Waals surface area contributed by atoms with Gasteiger partial charge in [-0.1, -0.05) is 12.1 Å². The number of fused-ring (bicyclic) bond motifs is 1. The molecule has 1 saturated heterocycles. The molecule has 0 spiro atoms. The summed E-state index contributed by atoms with van der Waals surface area (Å²) in [6.45, 7) is 1.39. The first-order valence-electron chi connectivity index (χ1n) is 8.51. The van der Waals surface area contributed by atoms with E-state index in [0.717, 1.165) is 18.4 Å². The average molecular weight is 350 g/mol. The zero-order valence-electron chi connectivity index (χ0n) is 14.1. The number of nitrogens with zero attached hydrogens (tertiary/aromatic N) is 4. The number of carbonyl (C=O) groups excluding carboxylic acids is 1. The lowest BCUT2D eigenvalue weighted by molar-refractivity contribution is 0.0696. The van der Waals surface area contributed by atoms with E-state index in [1.165, 1.54) is 0 Å². The molecular weight excluding hydrogens is 332 g/mol. The van der Waals surface area contributed by atoms with Gasteiger partial charge in [-0.15, -0.1) is 0 Å². The van der Waals surface area contributed by atoms with Gasteiger partial charge in [-0.05, 0) is 42.5 Å². The molecule has 7 heteroatoms. The summed E-state index contributed by atoms with van der Waals surface area (Å²) in [5.74, 6) is -0.594. The van der Waals surface area contributed by atoms with E-state index in [0.29, 0.717) is 30.2 Å². The maximum absolute atomic E-state index is 12.8. The van der Waals surface area contributed by atoms with Crippen LogP contribution in [0.4, 0.5) is 0 Å². The van der Waals surface area contributed by atoms with Crippen LogP contribution in [0.3, 0.4) is 0 Å². The number of carbonyl (C=O) groups is 2. The van der Waals surface area contributed by atoms with Crippen molar-refractivity contribution in [3.05, 3.63) is 65.6 Å². The summed E-state index contributed by atoms with van der Waals surface area (Å²) < 4.78 is 1.60. The zero-order valence-corrected chi connectivity index (χ0v) is 14.1. The minimum absolute atomic E-state index is 0.0394. The number of hydrogen-bond acceptors (Lipinski definition) is 4. The molecule has 0 aliphatic carbocycles. The van der Waals surface area contributed by atoms with Crippen molar-refractivity contribution in [1.82, 2.24) is 19.5 Å². The van der Waals surface area contributed by atoms with Gasteiger partial charge in [0.25, 0.3) is 5.91 Å². The van der Waals surface area contributed by atoms with Crippen LogP contribution < -0.4 is 0 Å². The fraction of sp³-hybridized carbons (Fsp3) is 0.263. The summed E-state index contributed by atoms with van der Waals surface area (Å²) in [6.07, 6.45) is 6.76. The molecule has 1 aromatic carbocycles. The second-order valence-electron chi connectivity index (χ2n) is 6.56. The SMILES string of the molecule is O=C(O)c1ccc(C[C@@H]2CCN(C(=O)c3cnn4cccnc34)C2)cc1. The van der Waals surface area contributed by atoms with E-state index < -0.39 is 5.97 Å². The summed E-state index contributed by atoms with van der Waals surface area (Å²) in [6, 6.07) is 8.72. The summed E-state index contributed by atoms with van der Waals surface area (Å²) in [5.41, 5.74) is 2.48. The molecule has 3 heterocycles. The number of hydrogen-bond donors (Lipinski definition) is 1. The Bertz CT molecular complexity index is 964. The number of aromatic nitrogens is 3. The van der Waals surface area contributed by atoms with Crippen LogP contribution in [0.2, 0.25) is 0 Å². The van der Waals surface area contributed by atoms with Gasteiger partial charge < -0.3 is 10.0 Å². The Morgan fingerprint density at radius 1 is 1.23 bits per heavy atom. The molecule has 26 heavy (non-hydrogen) atoms. The molecule has 1 aliphatic rings. The van der Waals surface area contributed by atoms with Gasteiger partial charge in [0.2, 0.25) is 0 Å². The van der Waals surface area contributed by atoms with Crippen LogP contribution in [0.1, 0.15) is 32.7 Å². The molecule has 1 atom stereocenters. The van der Waals surface area contributed by atoms with Crippen molar-refractivity contribution in [3.8, 4) is 0 Å². The van der Waals surface area contributed by atoms with Crippen LogP contribution in [0.5, 0.6) is 0 Å². The first-order chi connectivity index (χ1) is 12.6. The van der Waals surface area contributed by atoms with E-state index in [9.17, 15) is 9.59 Å². The second-order valence-corrected chi connectivity index (χ2v) is 6.56. The number of benzene rings is 1. The highest BCUT2D eigenvalue weighted by Crippen LogP contribution is 2.23. The Kier molecular flexibility index (Phi) is 4.12. The third kappa shape index (κ3) is 3.03. The molecule has 1 aliphatic heterocycles. The van der Waals surface area contributed by atoms with Crippen molar-refractivity contribution in [2.75, 3.05) is 13.1 Å². The van der Waals surface area contributed by atoms with Gasteiger partial charge >= 0.3 is 5.97 Å². The van der Waals surface area contributed by atoms with Gasteiger partial charge in [0.05, 0.1) is 11.8 Å². The second kappa shape index (κ2) is 6.59. The van der Waals surface area contributed by atoms with E-state index in [2.05, 4.69) is 10.1 Å². The Labute approximate surface area is 149 Å². The van der Waals surface area contributed by atoms with Crippen molar-refractivity contribution >= 4 is 17.5 Å². The number of amides is 1. The van der Waals surface area contributed by atoms with Crippen LogP contribution in [0, 0.1) is 5.92 Å². The summed E-state index contributed by atoms with van der Waals surface area (Å²) in [5, 5.41) is 13.1. The quantitative estimate of drug-likeness (QED) is 0.779. The smallest absolute Gasteiger partial charge is 0.335 e. The molecule has 1 N–H and O–H groups in total. The highest BCUT2D eigenvalue weighted by atomic mass is 16.4. The van der Waals surface area contributed by atoms with Crippen LogP contribution in [0.15, 0.2) is 48.9 Å². The predicted molar refractivity (Wildman–Crippen MR) is 94.1 cm³/mol. The highest BCUT2D eigenvalue weighted by molar-refractivity contribution is 5.99. The topological polar surface area (TPSA) is 87.8 Å². The normalized spacial score (nSPS) is 16.9. The van der Waals surface area contributed by atoms with Gasteiger partial charge in [0.1, 0.15) is 5.56 Å². The molecular formula is C19H18N4O3. The molecule has 3 aromatic rings. The predicted octanol–water partition coefficient (Wildman–Crippen LogP) is 2.13. The third-order valence-electron chi connectivity index (χ3n) is 4.81. The molecule has 132 valence electrons. The molecule has 2 aromatic heterocycles. The van der Waals surface area contributed by atoms with Crippen molar-refractivity contribution in [2.45, 2.75) is 12.8 Å². The average Bonchev–Trinajstić information content (AvgIpc) is 3.28. The number of likely N-dealkylation sites (tertiary alicyclic amines) is 1. The van der Waals surface area contributed by atoms with Gasteiger partial charge in [-0.25, -0.2) is 14.3 Å². The van der Waals surface area contributed by atoms with Gasteiger partial charge in [0.15, 0.2) is 5.65 Å². The standard InChI is InChI=1S/C19H18N4O3/c24-18(16-11-21-23-8-1-7-20-17(16)23)22-9-6-14(12-22)10-13-2-4-15(5-3-13)19(25)26/h1-5,7-8,11,14H,6,9-10,12H2,(H,25,26)/t14-/m0/s1. The molecule has 0 unspecified atom stereocenters.